The summed E-state index contributed by atoms with van der Waals surface area (Å²) in [6.07, 6.45) is 6.40. The number of piperidine rings is 1. The van der Waals surface area contributed by atoms with Gasteiger partial charge in [0.2, 0.25) is 0 Å². The summed E-state index contributed by atoms with van der Waals surface area (Å²) in [7, 11) is 0. The molecule has 1 aliphatic heterocycles. The van der Waals surface area contributed by atoms with Gasteiger partial charge in [0.15, 0.2) is 0 Å². The standard InChI is InChI=1S/C17H26F2N2.H2/c1-4-20-13-14-9-11-21(12-10-14)16(2,3)17(18,19)15-7-5-6-8-15;/h5,7-8,14,20H,4,9-13H2,1-3H3;1H. The van der Waals surface area contributed by atoms with E-state index in [1.165, 1.54) is 12.2 Å². The van der Waals surface area contributed by atoms with Gasteiger partial charge < -0.3 is 5.32 Å². The van der Waals surface area contributed by atoms with Gasteiger partial charge in [0.05, 0.1) is 5.54 Å². The lowest BCUT2D eigenvalue weighted by molar-refractivity contribution is -0.107. The molecule has 0 unspecified atom stereocenters. The fourth-order valence-corrected chi connectivity index (χ4v) is 3.12. The normalized spacial score (nSPS) is 21.1. The van der Waals surface area contributed by atoms with Gasteiger partial charge in [0, 0.05) is 7.00 Å². The minimum Gasteiger partial charge on any atom is -0.317 e. The van der Waals surface area contributed by atoms with E-state index in [0.717, 1.165) is 39.0 Å². The number of hydrogen-bond acceptors (Lipinski definition) is 2. The molecule has 1 fully saturated rings. The molecule has 1 N–H and O–H groups in total. The number of halogens is 2. The van der Waals surface area contributed by atoms with Crippen molar-refractivity contribution in [2.24, 2.45) is 5.92 Å². The molecule has 2 nitrogen and oxygen atoms in total. The summed E-state index contributed by atoms with van der Waals surface area (Å²) in [6, 6.07) is 0. The molecule has 120 valence electrons. The molecule has 1 heterocycles. The van der Waals surface area contributed by atoms with Crippen molar-refractivity contribution in [1.82, 2.24) is 10.2 Å². The Morgan fingerprint density at radius 2 is 2.05 bits per heavy atom. The van der Waals surface area contributed by atoms with Crippen LogP contribution < -0.4 is 5.32 Å². The number of rotatable bonds is 6. The quantitative estimate of drug-likeness (QED) is 0.754. The largest absolute Gasteiger partial charge is 0.317 e. The van der Waals surface area contributed by atoms with Gasteiger partial charge in [-0.1, -0.05) is 6.92 Å². The minimum absolute atomic E-state index is 0. The van der Waals surface area contributed by atoms with Crippen molar-refractivity contribution >= 4 is 0 Å². The number of likely N-dealkylation sites (tertiary alicyclic amines) is 1. The number of allylic oxidation sites excluding steroid dienone is 2. The van der Waals surface area contributed by atoms with E-state index in [1.807, 2.05) is 4.90 Å². The summed E-state index contributed by atoms with van der Waals surface area (Å²) in [5.41, 5.74) is 1.64. The molecular weight excluding hydrogens is 270 g/mol. The SMILES string of the molecule is CCNCC1CCN(C(C)(C)C(F)(F)C2=CC=C=C2)CC1.[HH]. The van der Waals surface area contributed by atoms with Crippen LogP contribution in [-0.4, -0.2) is 42.5 Å². The highest BCUT2D eigenvalue weighted by Gasteiger charge is 2.52. The first-order valence-corrected chi connectivity index (χ1v) is 7.86. The second-order valence-corrected chi connectivity index (χ2v) is 6.47. The average Bonchev–Trinajstić information content (AvgIpc) is 3.00. The molecule has 1 saturated heterocycles. The first-order chi connectivity index (χ1) is 9.89. The Balaban J connectivity index is 0.00000242. The Bertz CT molecular complexity index is 457. The van der Waals surface area contributed by atoms with Crippen LogP contribution in [0.15, 0.2) is 29.5 Å². The van der Waals surface area contributed by atoms with Gasteiger partial charge in [-0.25, -0.2) is 0 Å². The van der Waals surface area contributed by atoms with E-state index >= 15 is 0 Å². The molecule has 4 heteroatoms. The second kappa shape index (κ2) is 6.43. The molecule has 0 saturated carbocycles. The van der Waals surface area contributed by atoms with Crippen LogP contribution in [0, 0.1) is 5.92 Å². The summed E-state index contributed by atoms with van der Waals surface area (Å²) >= 11 is 0. The lowest BCUT2D eigenvalue weighted by Crippen LogP contribution is -2.59. The first-order valence-electron chi connectivity index (χ1n) is 7.86. The molecule has 2 aliphatic rings. The second-order valence-electron chi connectivity index (χ2n) is 6.47. The molecule has 0 atom stereocenters. The van der Waals surface area contributed by atoms with Crippen molar-refractivity contribution in [3.63, 3.8) is 0 Å². The third-order valence-electron chi connectivity index (χ3n) is 4.82. The van der Waals surface area contributed by atoms with Crippen LogP contribution in [-0.2, 0) is 0 Å². The maximum absolute atomic E-state index is 14.8. The fraction of sp³-hybridized carbons (Fsp3) is 0.706. The van der Waals surface area contributed by atoms with Crippen LogP contribution in [0.2, 0.25) is 0 Å². The lowest BCUT2D eigenvalue weighted by atomic mass is 9.85. The highest BCUT2D eigenvalue weighted by molar-refractivity contribution is 5.38. The molecule has 1 aliphatic carbocycles. The van der Waals surface area contributed by atoms with Crippen molar-refractivity contribution in [2.45, 2.75) is 45.1 Å². The number of hydrogen-bond donors (Lipinski definition) is 1. The molecule has 21 heavy (non-hydrogen) atoms. The van der Waals surface area contributed by atoms with E-state index in [9.17, 15) is 8.78 Å². The van der Waals surface area contributed by atoms with Crippen LogP contribution >= 0.6 is 0 Å². The maximum Gasteiger partial charge on any atom is 0.291 e. The topological polar surface area (TPSA) is 15.3 Å². The van der Waals surface area contributed by atoms with Crippen LogP contribution in [0.1, 0.15) is 35.0 Å². The highest BCUT2D eigenvalue weighted by Crippen LogP contribution is 2.42. The first kappa shape index (κ1) is 16.4. The van der Waals surface area contributed by atoms with Crippen molar-refractivity contribution in [1.29, 1.82) is 0 Å². The monoisotopic (exact) mass is 298 g/mol. The van der Waals surface area contributed by atoms with E-state index in [2.05, 4.69) is 18.0 Å². The van der Waals surface area contributed by atoms with Crippen molar-refractivity contribution < 1.29 is 10.2 Å². The molecule has 0 aromatic carbocycles. The third kappa shape index (κ3) is 3.28. The summed E-state index contributed by atoms with van der Waals surface area (Å²) in [5, 5.41) is 3.35. The van der Waals surface area contributed by atoms with Gasteiger partial charge in [-0.2, -0.15) is 8.78 Å². The van der Waals surface area contributed by atoms with Crippen LogP contribution in [0.25, 0.3) is 0 Å². The van der Waals surface area contributed by atoms with Gasteiger partial charge in [0.25, 0.3) is 5.92 Å². The fourth-order valence-electron chi connectivity index (χ4n) is 3.12. The summed E-state index contributed by atoms with van der Waals surface area (Å²) in [4.78, 5) is 1.95. The number of nitrogens with one attached hydrogen (secondary N) is 1. The predicted molar refractivity (Wildman–Crippen MR) is 84.7 cm³/mol. The van der Waals surface area contributed by atoms with Crippen LogP contribution in [0.3, 0.4) is 0 Å². The molecule has 0 spiro atoms. The van der Waals surface area contributed by atoms with Gasteiger partial charge >= 0.3 is 0 Å². The van der Waals surface area contributed by atoms with Gasteiger partial charge in [-0.05, 0) is 77.0 Å². The van der Waals surface area contributed by atoms with Crippen LogP contribution in [0.5, 0.6) is 0 Å². The highest BCUT2D eigenvalue weighted by atomic mass is 19.3. The van der Waals surface area contributed by atoms with E-state index in [1.54, 1.807) is 19.9 Å². The molecule has 0 aromatic heterocycles. The molecule has 0 bridgehead atoms. The zero-order valence-electron chi connectivity index (χ0n) is 13.3. The Morgan fingerprint density at radius 1 is 1.38 bits per heavy atom. The zero-order valence-corrected chi connectivity index (χ0v) is 13.3. The molecule has 0 aromatic rings. The molecular formula is C17H28F2N2. The Hall–Kier alpha value is -0.960. The van der Waals surface area contributed by atoms with Gasteiger partial charge in [-0.3, -0.25) is 4.90 Å². The van der Waals surface area contributed by atoms with Crippen LogP contribution in [0.4, 0.5) is 8.78 Å². The smallest absolute Gasteiger partial charge is 0.291 e. The minimum atomic E-state index is -2.86. The zero-order chi connectivity index (χ0) is 15.5. The third-order valence-corrected chi connectivity index (χ3v) is 4.82. The Morgan fingerprint density at radius 3 is 2.57 bits per heavy atom. The van der Waals surface area contributed by atoms with E-state index in [-0.39, 0.29) is 7.00 Å². The van der Waals surface area contributed by atoms with E-state index in [4.69, 9.17) is 0 Å². The summed E-state index contributed by atoms with van der Waals surface area (Å²) < 4.78 is 29.6. The number of nitrogens with zero attached hydrogens (tertiary/aromatic N) is 1. The lowest BCUT2D eigenvalue weighted by Gasteiger charge is -2.47. The van der Waals surface area contributed by atoms with Crippen molar-refractivity contribution in [3.05, 3.63) is 29.5 Å². The van der Waals surface area contributed by atoms with Crippen molar-refractivity contribution in [2.75, 3.05) is 26.2 Å². The van der Waals surface area contributed by atoms with Gasteiger partial charge in [0.1, 0.15) is 0 Å². The maximum atomic E-state index is 14.8. The molecule has 0 radical (unpaired) electrons. The average molecular weight is 298 g/mol. The predicted octanol–water partition coefficient (Wildman–Crippen LogP) is 3.62. The van der Waals surface area contributed by atoms with Crippen molar-refractivity contribution in [3.8, 4) is 0 Å². The molecule has 2 rings (SSSR count). The Kier molecular flexibility index (Phi) is 5.03. The van der Waals surface area contributed by atoms with E-state index < -0.39 is 11.5 Å². The summed E-state index contributed by atoms with van der Waals surface area (Å²) in [6.45, 7) is 8.85. The summed E-state index contributed by atoms with van der Waals surface area (Å²) in [5.74, 6) is -2.25. The number of alkyl halides is 2. The molecule has 0 amide bonds. The Labute approximate surface area is 128 Å². The van der Waals surface area contributed by atoms with Gasteiger partial charge in [-0.15, -0.1) is 5.73 Å². The van der Waals surface area contributed by atoms with E-state index in [0.29, 0.717) is 5.92 Å².